The van der Waals surface area contributed by atoms with Gasteiger partial charge < -0.3 is 15.2 Å². The van der Waals surface area contributed by atoms with Gasteiger partial charge in [-0.25, -0.2) is 0 Å². The summed E-state index contributed by atoms with van der Waals surface area (Å²) in [6.45, 7) is 2.03. The molecule has 2 heterocycles. The summed E-state index contributed by atoms with van der Waals surface area (Å²) in [5, 5.41) is 6.78. The van der Waals surface area contributed by atoms with E-state index in [0.717, 1.165) is 25.1 Å². The maximum absolute atomic E-state index is 12.3. The van der Waals surface area contributed by atoms with Crippen molar-refractivity contribution in [3.05, 3.63) is 69.1 Å². The van der Waals surface area contributed by atoms with Crippen LogP contribution in [0.15, 0.2) is 47.4 Å². The van der Waals surface area contributed by atoms with Gasteiger partial charge in [0, 0.05) is 29.9 Å². The number of nitrogens with one attached hydrogen (secondary N) is 2. The Morgan fingerprint density at radius 1 is 1.30 bits per heavy atom. The Hall–Kier alpha value is -2.11. The maximum atomic E-state index is 12.3. The number of hydrogen-bond acceptors (Lipinski definition) is 3. The highest BCUT2D eigenvalue weighted by Crippen LogP contribution is 2.15. The molecule has 1 saturated heterocycles. The van der Waals surface area contributed by atoms with Crippen molar-refractivity contribution in [1.82, 2.24) is 15.2 Å². The van der Waals surface area contributed by atoms with Gasteiger partial charge in [0.1, 0.15) is 0 Å². The summed E-state index contributed by atoms with van der Waals surface area (Å²) >= 11 is 6.14. The Morgan fingerprint density at radius 2 is 2.13 bits per heavy atom. The average Bonchev–Trinajstić information content (AvgIpc) is 3.04. The zero-order valence-electron chi connectivity index (χ0n) is 12.6. The first-order chi connectivity index (χ1) is 11.1. The minimum Gasteiger partial charge on any atom is -0.348 e. The molecule has 2 aromatic rings. The molecule has 6 heteroatoms. The lowest BCUT2D eigenvalue weighted by atomic mass is 10.2. The molecule has 0 bridgehead atoms. The van der Waals surface area contributed by atoms with Crippen molar-refractivity contribution in [3.8, 4) is 0 Å². The minimum atomic E-state index is -0.163. The highest BCUT2D eigenvalue weighted by atomic mass is 35.5. The lowest BCUT2D eigenvalue weighted by Gasteiger charge is -2.13. The summed E-state index contributed by atoms with van der Waals surface area (Å²) in [6, 6.07) is 10.5. The first-order valence-electron chi connectivity index (χ1n) is 7.59. The van der Waals surface area contributed by atoms with E-state index in [1.54, 1.807) is 18.3 Å². The molecule has 1 fully saturated rings. The van der Waals surface area contributed by atoms with Crippen LogP contribution in [0.1, 0.15) is 22.3 Å². The molecule has 3 rings (SSSR count). The van der Waals surface area contributed by atoms with Gasteiger partial charge in [-0.2, -0.15) is 0 Å². The molecule has 1 aromatic carbocycles. The molecule has 23 heavy (non-hydrogen) atoms. The summed E-state index contributed by atoms with van der Waals surface area (Å²) in [6.07, 6.45) is 2.51. The number of nitrogens with zero attached hydrogens (tertiary/aromatic N) is 1. The van der Waals surface area contributed by atoms with Crippen LogP contribution < -0.4 is 16.2 Å². The molecule has 1 amide bonds. The predicted molar refractivity (Wildman–Crippen MR) is 90.0 cm³/mol. The zero-order valence-corrected chi connectivity index (χ0v) is 13.3. The van der Waals surface area contributed by atoms with Crippen LogP contribution in [0.3, 0.4) is 0 Å². The second kappa shape index (κ2) is 6.98. The third kappa shape index (κ3) is 3.81. The van der Waals surface area contributed by atoms with Crippen LogP contribution in [-0.4, -0.2) is 29.6 Å². The Bertz CT molecular complexity index is 766. The fourth-order valence-electron chi connectivity index (χ4n) is 2.65. The summed E-state index contributed by atoms with van der Waals surface area (Å²) in [4.78, 5) is 24.3. The van der Waals surface area contributed by atoms with Crippen LogP contribution in [0.4, 0.5) is 0 Å². The Kier molecular flexibility index (Phi) is 4.79. The fraction of sp³-hybridized carbons (Fsp3) is 0.294. The smallest absolute Gasteiger partial charge is 0.253 e. The molecule has 2 N–H and O–H groups in total. The average molecular weight is 332 g/mol. The third-order valence-electron chi connectivity index (χ3n) is 3.94. The van der Waals surface area contributed by atoms with Gasteiger partial charge in [-0.15, -0.1) is 0 Å². The van der Waals surface area contributed by atoms with Crippen LogP contribution in [0, 0.1) is 0 Å². The van der Waals surface area contributed by atoms with Crippen molar-refractivity contribution < 1.29 is 4.79 Å². The van der Waals surface area contributed by atoms with Crippen molar-refractivity contribution in [2.24, 2.45) is 0 Å². The quantitative estimate of drug-likeness (QED) is 0.895. The van der Waals surface area contributed by atoms with Gasteiger partial charge in [0.15, 0.2) is 0 Å². The predicted octanol–water partition coefficient (Wildman–Crippen LogP) is 1.64. The summed E-state index contributed by atoms with van der Waals surface area (Å²) in [5.41, 5.74) is 1.15. The summed E-state index contributed by atoms with van der Waals surface area (Å²) < 4.78 is 1.50. The van der Waals surface area contributed by atoms with Gasteiger partial charge in [-0.1, -0.05) is 29.8 Å². The number of halogens is 1. The SMILES string of the molecule is O=C(NC1CCNC1)c1ccc(=O)n(Cc2ccccc2Cl)c1. The molecule has 120 valence electrons. The van der Waals surface area contributed by atoms with Gasteiger partial charge in [0.25, 0.3) is 11.5 Å². The molecule has 1 aliphatic rings. The van der Waals surface area contributed by atoms with Gasteiger partial charge in [0.05, 0.1) is 12.1 Å². The van der Waals surface area contributed by atoms with Crippen molar-refractivity contribution in [2.45, 2.75) is 19.0 Å². The number of pyridine rings is 1. The number of benzene rings is 1. The maximum Gasteiger partial charge on any atom is 0.253 e. The number of carbonyl (C=O) groups excluding carboxylic acids is 1. The van der Waals surface area contributed by atoms with Crippen LogP contribution in [0.25, 0.3) is 0 Å². The van der Waals surface area contributed by atoms with Crippen LogP contribution in [-0.2, 0) is 6.54 Å². The van der Waals surface area contributed by atoms with Crippen LogP contribution in [0.5, 0.6) is 0 Å². The second-order valence-electron chi connectivity index (χ2n) is 5.64. The van der Waals surface area contributed by atoms with E-state index in [1.807, 2.05) is 18.2 Å². The molecule has 0 radical (unpaired) electrons. The lowest BCUT2D eigenvalue weighted by molar-refractivity contribution is 0.0939. The molecule has 1 aliphatic heterocycles. The van der Waals surface area contributed by atoms with E-state index in [4.69, 9.17) is 11.6 Å². The highest BCUT2D eigenvalue weighted by molar-refractivity contribution is 6.31. The van der Waals surface area contributed by atoms with E-state index in [1.165, 1.54) is 10.6 Å². The number of hydrogen-bond donors (Lipinski definition) is 2. The molecule has 1 aromatic heterocycles. The highest BCUT2D eigenvalue weighted by Gasteiger charge is 2.18. The Labute approximate surface area is 139 Å². The van der Waals surface area contributed by atoms with Gasteiger partial charge in [-0.05, 0) is 30.7 Å². The van der Waals surface area contributed by atoms with E-state index in [9.17, 15) is 9.59 Å². The lowest BCUT2D eigenvalue weighted by Crippen LogP contribution is -2.36. The van der Waals surface area contributed by atoms with Crippen LogP contribution >= 0.6 is 11.6 Å². The normalized spacial score (nSPS) is 17.2. The van der Waals surface area contributed by atoms with E-state index < -0.39 is 0 Å². The molecule has 0 aliphatic carbocycles. The molecule has 0 spiro atoms. The molecular weight excluding hydrogens is 314 g/mol. The molecular formula is C17H18ClN3O2. The summed E-state index contributed by atoms with van der Waals surface area (Å²) in [5.74, 6) is -0.161. The zero-order chi connectivity index (χ0) is 16.2. The van der Waals surface area contributed by atoms with Crippen molar-refractivity contribution in [2.75, 3.05) is 13.1 Å². The first kappa shape index (κ1) is 15.8. The van der Waals surface area contributed by atoms with Gasteiger partial charge in [0.2, 0.25) is 0 Å². The monoisotopic (exact) mass is 331 g/mol. The number of amides is 1. The van der Waals surface area contributed by atoms with Crippen molar-refractivity contribution in [1.29, 1.82) is 0 Å². The third-order valence-corrected chi connectivity index (χ3v) is 4.31. The van der Waals surface area contributed by atoms with E-state index >= 15 is 0 Å². The Morgan fingerprint density at radius 3 is 2.87 bits per heavy atom. The second-order valence-corrected chi connectivity index (χ2v) is 6.05. The number of carbonyl (C=O) groups is 1. The molecule has 1 atom stereocenters. The van der Waals surface area contributed by atoms with Crippen molar-refractivity contribution >= 4 is 17.5 Å². The van der Waals surface area contributed by atoms with Gasteiger partial charge in [-0.3, -0.25) is 9.59 Å². The first-order valence-corrected chi connectivity index (χ1v) is 7.97. The molecule has 5 nitrogen and oxygen atoms in total. The van der Waals surface area contributed by atoms with Crippen LogP contribution in [0.2, 0.25) is 5.02 Å². The largest absolute Gasteiger partial charge is 0.348 e. The Balaban J connectivity index is 1.80. The summed E-state index contributed by atoms with van der Waals surface area (Å²) in [7, 11) is 0. The molecule has 0 saturated carbocycles. The standard InChI is InChI=1S/C17H18ClN3O2/c18-15-4-2-1-3-12(15)10-21-11-13(5-6-16(21)22)17(23)20-14-7-8-19-9-14/h1-6,11,14,19H,7-10H2,(H,20,23). The number of rotatable bonds is 4. The topological polar surface area (TPSA) is 63.1 Å². The van der Waals surface area contributed by atoms with E-state index in [2.05, 4.69) is 10.6 Å². The number of aromatic nitrogens is 1. The van der Waals surface area contributed by atoms with E-state index in [-0.39, 0.29) is 17.5 Å². The minimum absolute atomic E-state index is 0.145. The fourth-order valence-corrected chi connectivity index (χ4v) is 2.84. The van der Waals surface area contributed by atoms with Gasteiger partial charge >= 0.3 is 0 Å². The molecule has 1 unspecified atom stereocenters. The van der Waals surface area contributed by atoms with Crippen molar-refractivity contribution in [3.63, 3.8) is 0 Å². The van der Waals surface area contributed by atoms with E-state index in [0.29, 0.717) is 17.1 Å².